The van der Waals surface area contributed by atoms with E-state index in [0.29, 0.717) is 44.0 Å². The van der Waals surface area contributed by atoms with Crippen molar-refractivity contribution in [3.63, 3.8) is 0 Å². The van der Waals surface area contributed by atoms with Crippen LogP contribution in [0, 0.1) is 13.8 Å². The maximum Gasteiger partial charge on any atom is 0.329 e. The summed E-state index contributed by atoms with van der Waals surface area (Å²) in [5, 5.41) is 0. The molecule has 2 unspecified atom stereocenters. The van der Waals surface area contributed by atoms with Gasteiger partial charge in [-0.05, 0) is 75.8 Å². The molecule has 38 heavy (non-hydrogen) atoms. The second-order valence-corrected chi connectivity index (χ2v) is 10.5. The van der Waals surface area contributed by atoms with Gasteiger partial charge in [-0.2, -0.15) is 0 Å². The molecule has 3 aliphatic heterocycles. The fourth-order valence-corrected chi connectivity index (χ4v) is 5.79. The monoisotopic (exact) mass is 520 g/mol. The summed E-state index contributed by atoms with van der Waals surface area (Å²) in [7, 11) is 0. The number of esters is 1. The topological polar surface area (TPSA) is 85.4 Å². The lowest BCUT2D eigenvalue weighted by Crippen LogP contribution is -2.49. The van der Waals surface area contributed by atoms with E-state index in [2.05, 4.69) is 0 Å². The van der Waals surface area contributed by atoms with Crippen LogP contribution in [0.4, 0.5) is 0 Å². The molecule has 2 amide bonds. The number of hydrogen-bond donors (Lipinski definition) is 0. The molecular weight excluding hydrogens is 484 g/mol. The first kappa shape index (κ1) is 26.1. The van der Waals surface area contributed by atoms with E-state index in [9.17, 15) is 14.4 Å². The third-order valence-electron chi connectivity index (χ3n) is 7.57. The Bertz CT molecular complexity index is 1190. The summed E-state index contributed by atoms with van der Waals surface area (Å²) >= 11 is 0. The normalized spacial score (nSPS) is 21.1. The molecule has 2 atom stereocenters. The average Bonchev–Trinajstić information content (AvgIpc) is 3.29. The van der Waals surface area contributed by atoms with Crippen molar-refractivity contribution >= 4 is 17.8 Å². The highest BCUT2D eigenvalue weighted by Crippen LogP contribution is 2.38. The highest BCUT2D eigenvalue weighted by Gasteiger charge is 2.36. The maximum atomic E-state index is 13.3. The second kappa shape index (κ2) is 11.5. The van der Waals surface area contributed by atoms with E-state index in [4.69, 9.17) is 14.2 Å². The van der Waals surface area contributed by atoms with Gasteiger partial charge in [0.05, 0.1) is 19.3 Å². The fraction of sp³-hybridized carbons (Fsp3) is 0.500. The number of carbonyl (C=O) groups excluding carboxylic acids is 3. The molecule has 3 heterocycles. The minimum Gasteiger partial charge on any atom is -0.490 e. The number of aryl methyl sites for hydroxylation is 2. The molecule has 2 aromatic carbocycles. The Balaban J connectivity index is 1.23. The molecule has 8 nitrogen and oxygen atoms in total. The molecule has 0 N–H and O–H groups in total. The minimum absolute atomic E-state index is 0.101. The lowest BCUT2D eigenvalue weighted by Gasteiger charge is -2.34. The smallest absolute Gasteiger partial charge is 0.329 e. The number of amides is 2. The molecule has 8 heteroatoms. The predicted molar refractivity (Wildman–Crippen MR) is 141 cm³/mol. The third kappa shape index (κ3) is 5.64. The lowest BCUT2D eigenvalue weighted by atomic mass is 9.99. The van der Waals surface area contributed by atoms with Gasteiger partial charge in [0, 0.05) is 25.1 Å². The molecule has 0 saturated carbocycles. The fourth-order valence-electron chi connectivity index (χ4n) is 5.79. The second-order valence-electron chi connectivity index (χ2n) is 10.5. The van der Waals surface area contributed by atoms with E-state index in [1.807, 2.05) is 50.2 Å². The number of carbonyl (C=O) groups is 3. The Kier molecular flexibility index (Phi) is 7.86. The van der Waals surface area contributed by atoms with Crippen LogP contribution in [0.3, 0.4) is 0 Å². The molecular formula is C30H36N2O6. The number of ether oxygens (including phenoxy) is 3. The van der Waals surface area contributed by atoms with Crippen molar-refractivity contribution in [1.29, 1.82) is 0 Å². The van der Waals surface area contributed by atoms with Gasteiger partial charge < -0.3 is 24.0 Å². The number of rotatable bonds is 5. The van der Waals surface area contributed by atoms with E-state index < -0.39 is 12.0 Å². The van der Waals surface area contributed by atoms with Crippen LogP contribution in [-0.4, -0.2) is 66.5 Å². The van der Waals surface area contributed by atoms with Gasteiger partial charge in [-0.1, -0.05) is 23.3 Å². The number of fused-ring (bicyclic) bond motifs is 1. The van der Waals surface area contributed by atoms with Gasteiger partial charge in [0.2, 0.25) is 0 Å². The number of hydrogen-bond acceptors (Lipinski definition) is 6. The van der Waals surface area contributed by atoms with Crippen molar-refractivity contribution in [2.75, 3.05) is 32.9 Å². The first-order valence-corrected chi connectivity index (χ1v) is 13.7. The van der Waals surface area contributed by atoms with E-state index in [-0.39, 0.29) is 24.5 Å². The first-order chi connectivity index (χ1) is 18.4. The molecule has 2 saturated heterocycles. The summed E-state index contributed by atoms with van der Waals surface area (Å²) in [5.41, 5.74) is 3.57. The van der Waals surface area contributed by atoms with Gasteiger partial charge in [-0.25, -0.2) is 4.79 Å². The zero-order valence-corrected chi connectivity index (χ0v) is 22.2. The summed E-state index contributed by atoms with van der Waals surface area (Å²) < 4.78 is 17.1. The van der Waals surface area contributed by atoms with Gasteiger partial charge in [0.15, 0.2) is 18.1 Å². The standard InChI is InChI=1S/C30H36N2O6/c1-20-15-21(2)17-23(16-20)29(34)32-11-4-3-7-25(32)30(35)38-19-28(33)31-12-5-8-24(31)22-9-10-26-27(18-22)37-14-6-13-36-26/h9-10,15-18,24-25H,3-8,11-14,19H2,1-2H3. The zero-order chi connectivity index (χ0) is 26.6. The van der Waals surface area contributed by atoms with E-state index >= 15 is 0 Å². The van der Waals surface area contributed by atoms with Crippen molar-refractivity contribution in [1.82, 2.24) is 9.80 Å². The van der Waals surface area contributed by atoms with E-state index in [1.54, 1.807) is 9.80 Å². The number of piperidine rings is 1. The van der Waals surface area contributed by atoms with Crippen LogP contribution < -0.4 is 9.47 Å². The summed E-state index contributed by atoms with van der Waals surface area (Å²) in [6.07, 6.45) is 4.75. The molecule has 2 aromatic rings. The van der Waals surface area contributed by atoms with Crippen LogP contribution in [0.2, 0.25) is 0 Å². The zero-order valence-electron chi connectivity index (χ0n) is 22.2. The molecule has 0 aliphatic carbocycles. The molecule has 5 rings (SSSR count). The van der Waals surface area contributed by atoms with Crippen molar-refractivity contribution in [2.24, 2.45) is 0 Å². The van der Waals surface area contributed by atoms with E-state index in [0.717, 1.165) is 54.5 Å². The van der Waals surface area contributed by atoms with Gasteiger partial charge in [-0.3, -0.25) is 9.59 Å². The summed E-state index contributed by atoms with van der Waals surface area (Å²) in [6, 6.07) is 10.8. The quantitative estimate of drug-likeness (QED) is 0.545. The Morgan fingerprint density at radius 3 is 2.37 bits per heavy atom. The molecule has 3 aliphatic rings. The van der Waals surface area contributed by atoms with Gasteiger partial charge in [0.25, 0.3) is 11.8 Å². The van der Waals surface area contributed by atoms with Gasteiger partial charge in [-0.15, -0.1) is 0 Å². The highest BCUT2D eigenvalue weighted by atomic mass is 16.5. The van der Waals surface area contributed by atoms with Crippen LogP contribution in [0.25, 0.3) is 0 Å². The summed E-state index contributed by atoms with van der Waals surface area (Å²) in [6.45, 7) is 5.91. The first-order valence-electron chi connectivity index (χ1n) is 13.7. The Morgan fingerprint density at radius 2 is 1.58 bits per heavy atom. The summed E-state index contributed by atoms with van der Waals surface area (Å²) in [4.78, 5) is 43.0. The molecule has 0 spiro atoms. The lowest BCUT2D eigenvalue weighted by molar-refractivity contribution is -0.157. The third-order valence-corrected chi connectivity index (χ3v) is 7.57. The molecule has 0 aromatic heterocycles. The van der Waals surface area contributed by atoms with Gasteiger partial charge in [0.1, 0.15) is 6.04 Å². The number of benzene rings is 2. The SMILES string of the molecule is Cc1cc(C)cc(C(=O)N2CCCCC2C(=O)OCC(=O)N2CCCC2c2ccc3c(c2)OCCCO3)c1. The Labute approximate surface area is 223 Å². The van der Waals surface area contributed by atoms with Crippen LogP contribution in [0.1, 0.15) is 71.6 Å². The summed E-state index contributed by atoms with van der Waals surface area (Å²) in [5.74, 6) is 0.525. The van der Waals surface area contributed by atoms with Crippen molar-refractivity contribution in [3.8, 4) is 11.5 Å². The van der Waals surface area contributed by atoms with Crippen LogP contribution in [0.15, 0.2) is 36.4 Å². The largest absolute Gasteiger partial charge is 0.490 e. The Morgan fingerprint density at radius 1 is 0.842 bits per heavy atom. The van der Waals surface area contributed by atoms with Crippen molar-refractivity contribution in [2.45, 2.75) is 64.5 Å². The number of nitrogens with zero attached hydrogens (tertiary/aromatic N) is 2. The van der Waals surface area contributed by atoms with Gasteiger partial charge >= 0.3 is 5.97 Å². The molecule has 202 valence electrons. The molecule has 0 bridgehead atoms. The number of likely N-dealkylation sites (tertiary alicyclic amines) is 2. The molecule has 0 radical (unpaired) electrons. The van der Waals surface area contributed by atoms with Crippen LogP contribution >= 0.6 is 0 Å². The highest BCUT2D eigenvalue weighted by molar-refractivity contribution is 5.97. The van der Waals surface area contributed by atoms with Crippen LogP contribution in [0.5, 0.6) is 11.5 Å². The minimum atomic E-state index is -0.680. The van der Waals surface area contributed by atoms with Crippen molar-refractivity contribution in [3.05, 3.63) is 58.7 Å². The maximum absolute atomic E-state index is 13.3. The Hall–Kier alpha value is -3.55. The van der Waals surface area contributed by atoms with Crippen LogP contribution in [-0.2, 0) is 14.3 Å². The average molecular weight is 521 g/mol. The van der Waals surface area contributed by atoms with Crippen molar-refractivity contribution < 1.29 is 28.6 Å². The molecule has 2 fully saturated rings. The van der Waals surface area contributed by atoms with E-state index in [1.165, 1.54) is 0 Å². The predicted octanol–water partition coefficient (Wildman–Crippen LogP) is 4.37.